The van der Waals surface area contributed by atoms with Gasteiger partial charge >= 0.3 is 0 Å². The molecule has 0 amide bonds. The standard InChI is InChI=1S/C13H19NO/c1-3-11-4-6-12(7-5-11)13-8-14-10(2)9-15-13/h4-7,10,13-14H,3,8-9H2,1-2H3. The Bertz CT molecular complexity index is 299. The molecule has 82 valence electrons. The molecule has 1 aliphatic rings. The molecule has 0 aromatic heterocycles. The average Bonchev–Trinajstić information content (AvgIpc) is 2.30. The fourth-order valence-corrected chi connectivity index (χ4v) is 1.87. The van der Waals surface area contributed by atoms with Crippen LogP contribution in [-0.4, -0.2) is 19.2 Å². The molecule has 0 bridgehead atoms. The summed E-state index contributed by atoms with van der Waals surface area (Å²) in [5.41, 5.74) is 2.67. The molecule has 0 saturated carbocycles. The summed E-state index contributed by atoms with van der Waals surface area (Å²) < 4.78 is 5.79. The summed E-state index contributed by atoms with van der Waals surface area (Å²) in [7, 11) is 0. The quantitative estimate of drug-likeness (QED) is 0.800. The maximum absolute atomic E-state index is 5.79. The number of rotatable bonds is 2. The third-order valence-electron chi connectivity index (χ3n) is 2.96. The number of aryl methyl sites for hydroxylation is 1. The molecule has 1 aromatic carbocycles. The lowest BCUT2D eigenvalue weighted by molar-refractivity contribution is 0.00695. The van der Waals surface area contributed by atoms with Gasteiger partial charge in [0.15, 0.2) is 0 Å². The van der Waals surface area contributed by atoms with Crippen LogP contribution in [-0.2, 0) is 11.2 Å². The van der Waals surface area contributed by atoms with E-state index < -0.39 is 0 Å². The summed E-state index contributed by atoms with van der Waals surface area (Å²) in [6.07, 6.45) is 1.33. The first-order valence-electron chi connectivity index (χ1n) is 5.73. The smallest absolute Gasteiger partial charge is 0.0950 e. The number of nitrogens with one attached hydrogen (secondary N) is 1. The van der Waals surface area contributed by atoms with Gasteiger partial charge in [0.1, 0.15) is 0 Å². The van der Waals surface area contributed by atoms with Crippen LogP contribution >= 0.6 is 0 Å². The first-order valence-corrected chi connectivity index (χ1v) is 5.73. The second kappa shape index (κ2) is 4.77. The first kappa shape index (κ1) is 10.7. The van der Waals surface area contributed by atoms with Crippen molar-refractivity contribution in [1.82, 2.24) is 5.32 Å². The normalized spacial score (nSPS) is 26.5. The van der Waals surface area contributed by atoms with Gasteiger partial charge < -0.3 is 10.1 Å². The molecule has 2 rings (SSSR count). The molecule has 1 heterocycles. The Hall–Kier alpha value is -0.860. The zero-order valence-corrected chi connectivity index (χ0v) is 9.49. The summed E-state index contributed by atoms with van der Waals surface area (Å²) >= 11 is 0. The van der Waals surface area contributed by atoms with E-state index in [1.807, 2.05) is 0 Å². The molecule has 0 aliphatic carbocycles. The molecular weight excluding hydrogens is 186 g/mol. The van der Waals surface area contributed by atoms with Gasteiger partial charge in [-0.2, -0.15) is 0 Å². The Morgan fingerprint density at radius 2 is 2.07 bits per heavy atom. The monoisotopic (exact) mass is 205 g/mol. The molecular formula is C13H19NO. The number of morpholine rings is 1. The zero-order valence-electron chi connectivity index (χ0n) is 9.49. The molecule has 2 atom stereocenters. The third-order valence-corrected chi connectivity index (χ3v) is 2.96. The van der Waals surface area contributed by atoms with Gasteiger partial charge in [0, 0.05) is 12.6 Å². The van der Waals surface area contributed by atoms with E-state index in [1.54, 1.807) is 0 Å². The van der Waals surface area contributed by atoms with Gasteiger partial charge in [-0.05, 0) is 24.5 Å². The van der Waals surface area contributed by atoms with Crippen LogP contribution in [0, 0.1) is 0 Å². The van der Waals surface area contributed by atoms with E-state index in [0.29, 0.717) is 6.04 Å². The summed E-state index contributed by atoms with van der Waals surface area (Å²) in [5.74, 6) is 0. The molecule has 1 saturated heterocycles. The molecule has 1 aliphatic heterocycles. The summed E-state index contributed by atoms with van der Waals surface area (Å²) in [5, 5.41) is 3.43. The third kappa shape index (κ3) is 2.58. The lowest BCUT2D eigenvalue weighted by Crippen LogP contribution is -2.40. The number of hydrogen-bond acceptors (Lipinski definition) is 2. The van der Waals surface area contributed by atoms with Gasteiger partial charge in [-0.1, -0.05) is 31.2 Å². The summed E-state index contributed by atoms with van der Waals surface area (Å²) in [6.45, 7) is 6.05. The topological polar surface area (TPSA) is 21.3 Å². The van der Waals surface area contributed by atoms with Crippen LogP contribution in [0.25, 0.3) is 0 Å². The Labute approximate surface area is 91.6 Å². The van der Waals surface area contributed by atoms with Gasteiger partial charge in [0.05, 0.1) is 12.7 Å². The number of benzene rings is 1. The SMILES string of the molecule is CCc1ccc(C2CNC(C)CO2)cc1. The molecule has 0 radical (unpaired) electrons. The van der Waals surface area contributed by atoms with Crippen LogP contribution in [0.2, 0.25) is 0 Å². The molecule has 15 heavy (non-hydrogen) atoms. The predicted octanol–water partition coefficient (Wildman–Crippen LogP) is 2.30. The van der Waals surface area contributed by atoms with Crippen molar-refractivity contribution < 1.29 is 4.74 Å². The first-order chi connectivity index (χ1) is 7.29. The highest BCUT2D eigenvalue weighted by molar-refractivity contribution is 5.24. The lowest BCUT2D eigenvalue weighted by atomic mass is 10.0. The molecule has 2 unspecified atom stereocenters. The lowest BCUT2D eigenvalue weighted by Gasteiger charge is -2.28. The van der Waals surface area contributed by atoms with Crippen LogP contribution in [0.5, 0.6) is 0 Å². The van der Waals surface area contributed by atoms with Crippen LogP contribution in [0.1, 0.15) is 31.1 Å². The Morgan fingerprint density at radius 3 is 2.60 bits per heavy atom. The fraction of sp³-hybridized carbons (Fsp3) is 0.538. The molecule has 1 N–H and O–H groups in total. The summed E-state index contributed by atoms with van der Waals surface area (Å²) in [6, 6.07) is 9.23. The zero-order chi connectivity index (χ0) is 10.7. The maximum Gasteiger partial charge on any atom is 0.0950 e. The minimum absolute atomic E-state index is 0.229. The van der Waals surface area contributed by atoms with Crippen molar-refractivity contribution >= 4 is 0 Å². The molecule has 0 spiro atoms. The predicted molar refractivity (Wildman–Crippen MR) is 62.0 cm³/mol. The second-order valence-corrected chi connectivity index (χ2v) is 4.23. The largest absolute Gasteiger partial charge is 0.371 e. The molecule has 2 nitrogen and oxygen atoms in total. The maximum atomic E-state index is 5.79. The minimum atomic E-state index is 0.229. The van der Waals surface area contributed by atoms with Crippen molar-refractivity contribution in [3.8, 4) is 0 Å². The van der Waals surface area contributed by atoms with Gasteiger partial charge in [0.25, 0.3) is 0 Å². The van der Waals surface area contributed by atoms with E-state index in [4.69, 9.17) is 4.74 Å². The highest BCUT2D eigenvalue weighted by Crippen LogP contribution is 2.20. The highest BCUT2D eigenvalue weighted by atomic mass is 16.5. The molecule has 1 fully saturated rings. The van der Waals surface area contributed by atoms with E-state index in [-0.39, 0.29) is 6.10 Å². The fourth-order valence-electron chi connectivity index (χ4n) is 1.87. The van der Waals surface area contributed by atoms with E-state index >= 15 is 0 Å². The van der Waals surface area contributed by atoms with E-state index in [2.05, 4.69) is 43.4 Å². The van der Waals surface area contributed by atoms with Crippen molar-refractivity contribution in [2.75, 3.05) is 13.2 Å². The highest BCUT2D eigenvalue weighted by Gasteiger charge is 2.19. The van der Waals surface area contributed by atoms with E-state index in [9.17, 15) is 0 Å². The van der Waals surface area contributed by atoms with Crippen molar-refractivity contribution in [1.29, 1.82) is 0 Å². The van der Waals surface area contributed by atoms with Crippen molar-refractivity contribution in [3.63, 3.8) is 0 Å². The molecule has 2 heteroatoms. The van der Waals surface area contributed by atoms with Crippen LogP contribution in [0.4, 0.5) is 0 Å². The molecule has 1 aromatic rings. The van der Waals surface area contributed by atoms with Gasteiger partial charge in [-0.3, -0.25) is 0 Å². The van der Waals surface area contributed by atoms with Crippen LogP contribution < -0.4 is 5.32 Å². The number of hydrogen-bond donors (Lipinski definition) is 1. The van der Waals surface area contributed by atoms with Crippen molar-refractivity contribution in [2.24, 2.45) is 0 Å². The van der Waals surface area contributed by atoms with E-state index in [1.165, 1.54) is 11.1 Å². The average molecular weight is 205 g/mol. The Morgan fingerprint density at radius 1 is 1.33 bits per heavy atom. The Balaban J connectivity index is 2.03. The summed E-state index contributed by atoms with van der Waals surface area (Å²) in [4.78, 5) is 0. The van der Waals surface area contributed by atoms with E-state index in [0.717, 1.165) is 19.6 Å². The van der Waals surface area contributed by atoms with Crippen LogP contribution in [0.3, 0.4) is 0 Å². The van der Waals surface area contributed by atoms with Gasteiger partial charge in [-0.25, -0.2) is 0 Å². The van der Waals surface area contributed by atoms with Crippen LogP contribution in [0.15, 0.2) is 24.3 Å². The van der Waals surface area contributed by atoms with Crippen molar-refractivity contribution in [3.05, 3.63) is 35.4 Å². The Kier molecular flexibility index (Phi) is 3.39. The van der Waals surface area contributed by atoms with Crippen molar-refractivity contribution in [2.45, 2.75) is 32.4 Å². The number of ether oxygens (including phenoxy) is 1. The van der Waals surface area contributed by atoms with Gasteiger partial charge in [0.2, 0.25) is 0 Å². The minimum Gasteiger partial charge on any atom is -0.371 e. The van der Waals surface area contributed by atoms with Gasteiger partial charge in [-0.15, -0.1) is 0 Å². The second-order valence-electron chi connectivity index (χ2n) is 4.23.